The van der Waals surface area contributed by atoms with E-state index in [2.05, 4.69) is 25.5 Å². The molecule has 140 valence electrons. The van der Waals surface area contributed by atoms with Gasteiger partial charge in [-0.15, -0.1) is 11.3 Å². The van der Waals surface area contributed by atoms with Gasteiger partial charge in [-0.2, -0.15) is 0 Å². The van der Waals surface area contributed by atoms with E-state index in [1.807, 2.05) is 36.4 Å². The summed E-state index contributed by atoms with van der Waals surface area (Å²) in [6.45, 7) is 4.22. The molecule has 1 amide bonds. The number of nitrogens with one attached hydrogen (secondary N) is 2. The number of hydrogen-bond acceptors (Lipinski definition) is 7. The molecule has 3 aromatic rings. The summed E-state index contributed by atoms with van der Waals surface area (Å²) in [7, 11) is 0. The molecule has 1 aliphatic heterocycles. The average Bonchev–Trinajstić information content (AvgIpc) is 3.16. The van der Waals surface area contributed by atoms with Crippen LogP contribution in [0.2, 0.25) is 0 Å². The van der Waals surface area contributed by atoms with Crippen LogP contribution in [0, 0.1) is 0 Å². The van der Waals surface area contributed by atoms with Gasteiger partial charge in [0.25, 0.3) is 5.91 Å². The van der Waals surface area contributed by atoms with Crippen molar-refractivity contribution in [2.24, 2.45) is 0 Å². The topological polar surface area (TPSA) is 79.4 Å². The van der Waals surface area contributed by atoms with E-state index in [1.165, 1.54) is 11.3 Å². The number of fused-ring (bicyclic) bond motifs is 1. The maximum Gasteiger partial charge on any atom is 0.261 e. The minimum absolute atomic E-state index is 0.0466. The van der Waals surface area contributed by atoms with Gasteiger partial charge in [-0.25, -0.2) is 9.97 Å². The van der Waals surface area contributed by atoms with E-state index in [4.69, 9.17) is 4.74 Å². The van der Waals surface area contributed by atoms with Crippen LogP contribution < -0.4 is 15.5 Å². The Hall–Kier alpha value is -2.71. The molecule has 7 nitrogen and oxygen atoms in total. The highest BCUT2D eigenvalue weighted by atomic mass is 32.1. The van der Waals surface area contributed by atoms with Crippen LogP contribution in [0.3, 0.4) is 0 Å². The summed E-state index contributed by atoms with van der Waals surface area (Å²) in [6.07, 6.45) is 1.56. The first-order valence-corrected chi connectivity index (χ1v) is 9.77. The van der Waals surface area contributed by atoms with Crippen molar-refractivity contribution in [3.8, 4) is 0 Å². The summed E-state index contributed by atoms with van der Waals surface area (Å²) in [5, 5.41) is 7.28. The van der Waals surface area contributed by atoms with Gasteiger partial charge in [0, 0.05) is 36.9 Å². The van der Waals surface area contributed by atoms with Gasteiger partial charge in [-0.05, 0) is 17.5 Å². The largest absolute Gasteiger partial charge is 0.378 e. The van der Waals surface area contributed by atoms with Crippen molar-refractivity contribution < 1.29 is 9.53 Å². The Kier molecular flexibility index (Phi) is 5.45. The molecule has 0 radical (unpaired) electrons. The fraction of sp³-hybridized carbons (Fsp3) is 0.316. The predicted octanol–water partition coefficient (Wildman–Crippen LogP) is 2.37. The highest BCUT2D eigenvalue weighted by Crippen LogP contribution is 2.25. The second-order valence-electron chi connectivity index (χ2n) is 6.19. The first-order valence-electron chi connectivity index (χ1n) is 8.95. The van der Waals surface area contributed by atoms with E-state index in [-0.39, 0.29) is 5.91 Å². The first-order chi connectivity index (χ1) is 13.3. The van der Waals surface area contributed by atoms with Crippen LogP contribution >= 0.6 is 11.3 Å². The summed E-state index contributed by atoms with van der Waals surface area (Å²) >= 11 is 1.51. The molecule has 1 fully saturated rings. The second-order valence-corrected chi connectivity index (χ2v) is 7.28. The lowest BCUT2D eigenvalue weighted by Crippen LogP contribution is -2.36. The SMILES string of the molecule is O=C(NCCNc1cc(N2CCOCC2)ncn1)c1cc2ccccc2s1. The van der Waals surface area contributed by atoms with Crippen LogP contribution in [0.25, 0.3) is 10.1 Å². The number of ether oxygens (including phenoxy) is 1. The standard InChI is InChI=1S/C19H21N5O2S/c25-19(16-11-14-3-1-2-4-15(14)27-16)21-6-5-20-17-12-18(23-13-22-17)24-7-9-26-10-8-24/h1-4,11-13H,5-10H2,(H,21,25)(H,20,22,23). The Morgan fingerprint density at radius 2 is 2.00 bits per heavy atom. The third kappa shape index (κ3) is 4.35. The number of anilines is 2. The van der Waals surface area contributed by atoms with Gasteiger partial charge < -0.3 is 20.3 Å². The third-order valence-corrected chi connectivity index (χ3v) is 5.47. The Morgan fingerprint density at radius 3 is 2.85 bits per heavy atom. The van der Waals surface area contributed by atoms with Gasteiger partial charge in [-0.3, -0.25) is 4.79 Å². The zero-order valence-electron chi connectivity index (χ0n) is 14.9. The van der Waals surface area contributed by atoms with Crippen molar-refractivity contribution in [3.05, 3.63) is 47.6 Å². The lowest BCUT2D eigenvalue weighted by molar-refractivity contribution is 0.0959. The summed E-state index contributed by atoms with van der Waals surface area (Å²) in [6, 6.07) is 11.9. The van der Waals surface area contributed by atoms with Crippen LogP contribution in [0.1, 0.15) is 9.67 Å². The van der Waals surface area contributed by atoms with Crippen LogP contribution in [-0.4, -0.2) is 55.3 Å². The third-order valence-electron chi connectivity index (χ3n) is 4.35. The molecular formula is C19H21N5O2S. The second kappa shape index (κ2) is 8.32. The summed E-state index contributed by atoms with van der Waals surface area (Å²) in [5.41, 5.74) is 0. The maximum absolute atomic E-state index is 12.3. The number of thiophene rings is 1. The van der Waals surface area contributed by atoms with Gasteiger partial charge in [-0.1, -0.05) is 18.2 Å². The Labute approximate surface area is 161 Å². The van der Waals surface area contributed by atoms with Crippen LogP contribution in [0.4, 0.5) is 11.6 Å². The Bertz CT molecular complexity index is 890. The van der Waals surface area contributed by atoms with E-state index in [0.29, 0.717) is 13.1 Å². The molecule has 1 saturated heterocycles. The lowest BCUT2D eigenvalue weighted by atomic mass is 10.2. The molecule has 8 heteroatoms. The maximum atomic E-state index is 12.3. The van der Waals surface area contributed by atoms with E-state index >= 15 is 0 Å². The van der Waals surface area contributed by atoms with E-state index in [0.717, 1.165) is 52.9 Å². The molecule has 2 aromatic heterocycles. The molecule has 0 spiro atoms. The molecular weight excluding hydrogens is 362 g/mol. The summed E-state index contributed by atoms with van der Waals surface area (Å²) < 4.78 is 6.49. The quantitative estimate of drug-likeness (QED) is 0.636. The number of nitrogens with zero attached hydrogens (tertiary/aromatic N) is 3. The van der Waals surface area contributed by atoms with Gasteiger partial charge in [0.2, 0.25) is 0 Å². The van der Waals surface area contributed by atoms with Crippen molar-refractivity contribution in [3.63, 3.8) is 0 Å². The number of hydrogen-bond donors (Lipinski definition) is 2. The number of aromatic nitrogens is 2. The minimum Gasteiger partial charge on any atom is -0.378 e. The van der Waals surface area contributed by atoms with Crippen LogP contribution in [0.5, 0.6) is 0 Å². The minimum atomic E-state index is -0.0466. The summed E-state index contributed by atoms with van der Waals surface area (Å²) in [5.74, 6) is 1.60. The number of carbonyl (C=O) groups is 1. The van der Waals surface area contributed by atoms with Crippen molar-refractivity contribution >= 4 is 39.0 Å². The molecule has 1 aliphatic rings. The van der Waals surface area contributed by atoms with Gasteiger partial charge in [0.05, 0.1) is 18.1 Å². The molecule has 27 heavy (non-hydrogen) atoms. The molecule has 0 aliphatic carbocycles. The van der Waals surface area contributed by atoms with E-state index in [1.54, 1.807) is 6.33 Å². The van der Waals surface area contributed by atoms with Crippen molar-refractivity contribution in [2.45, 2.75) is 0 Å². The molecule has 3 heterocycles. The number of rotatable bonds is 6. The van der Waals surface area contributed by atoms with Crippen LogP contribution in [0.15, 0.2) is 42.7 Å². The van der Waals surface area contributed by atoms with Gasteiger partial charge in [0.1, 0.15) is 18.0 Å². The van der Waals surface area contributed by atoms with Crippen molar-refractivity contribution in [2.75, 3.05) is 49.6 Å². The molecule has 0 atom stereocenters. The molecule has 1 aromatic carbocycles. The monoisotopic (exact) mass is 383 g/mol. The fourth-order valence-corrected chi connectivity index (χ4v) is 3.94. The zero-order valence-corrected chi connectivity index (χ0v) is 15.7. The fourth-order valence-electron chi connectivity index (χ4n) is 2.96. The highest BCUT2D eigenvalue weighted by molar-refractivity contribution is 7.20. The number of morpholine rings is 1. The van der Waals surface area contributed by atoms with E-state index in [9.17, 15) is 4.79 Å². The normalized spacial score (nSPS) is 14.3. The lowest BCUT2D eigenvalue weighted by Gasteiger charge is -2.27. The van der Waals surface area contributed by atoms with Crippen molar-refractivity contribution in [1.29, 1.82) is 0 Å². The van der Waals surface area contributed by atoms with Gasteiger partial charge >= 0.3 is 0 Å². The first kappa shape index (κ1) is 17.7. The molecule has 4 rings (SSSR count). The summed E-state index contributed by atoms with van der Waals surface area (Å²) in [4.78, 5) is 23.8. The average molecular weight is 383 g/mol. The predicted molar refractivity (Wildman–Crippen MR) is 108 cm³/mol. The molecule has 0 unspecified atom stereocenters. The smallest absolute Gasteiger partial charge is 0.261 e. The molecule has 0 bridgehead atoms. The Balaban J connectivity index is 1.27. The number of amides is 1. The Morgan fingerprint density at radius 1 is 1.15 bits per heavy atom. The molecule has 2 N–H and O–H groups in total. The van der Waals surface area contributed by atoms with Crippen molar-refractivity contribution in [1.82, 2.24) is 15.3 Å². The van der Waals surface area contributed by atoms with E-state index < -0.39 is 0 Å². The zero-order chi connectivity index (χ0) is 18.5. The number of carbonyl (C=O) groups excluding carboxylic acids is 1. The van der Waals surface area contributed by atoms with Crippen LogP contribution in [-0.2, 0) is 4.74 Å². The number of benzene rings is 1. The van der Waals surface area contributed by atoms with Gasteiger partial charge in [0.15, 0.2) is 0 Å². The highest BCUT2D eigenvalue weighted by Gasteiger charge is 2.13. The molecule has 0 saturated carbocycles.